The molecule has 1 amide bonds. The normalized spacial score (nSPS) is 21.3. The van der Waals surface area contributed by atoms with Gasteiger partial charge < -0.3 is 15.7 Å². The van der Waals surface area contributed by atoms with Gasteiger partial charge in [-0.2, -0.15) is 0 Å². The summed E-state index contributed by atoms with van der Waals surface area (Å²) in [5.74, 6) is 0.162. The van der Waals surface area contributed by atoms with E-state index in [4.69, 9.17) is 0 Å². The minimum absolute atomic E-state index is 0. The van der Waals surface area contributed by atoms with Crippen molar-refractivity contribution in [1.82, 2.24) is 15.6 Å². The molecule has 2 unspecified atom stereocenters. The first kappa shape index (κ1) is 18.6. The number of halogens is 2. The fraction of sp³-hybridized carbons (Fsp3) is 0.636. The molecule has 0 bridgehead atoms. The molecule has 1 aliphatic heterocycles. The first-order valence-electron chi connectivity index (χ1n) is 5.78. The molecular formula is C11H19Cl2N3O2S. The van der Waals surface area contributed by atoms with Crippen LogP contribution in [0.4, 0.5) is 0 Å². The third kappa shape index (κ3) is 6.05. The largest absolute Gasteiger partial charge is 0.391 e. The van der Waals surface area contributed by atoms with Crippen LogP contribution in [-0.4, -0.2) is 41.7 Å². The van der Waals surface area contributed by atoms with E-state index in [0.717, 1.165) is 12.2 Å². The van der Waals surface area contributed by atoms with E-state index in [1.165, 1.54) is 0 Å². The van der Waals surface area contributed by atoms with Gasteiger partial charge in [-0.25, -0.2) is 4.98 Å². The summed E-state index contributed by atoms with van der Waals surface area (Å²) < 4.78 is 0. The number of hydrogen-bond acceptors (Lipinski definition) is 5. The third-order valence-electron chi connectivity index (χ3n) is 2.96. The number of β-amino-alcohol motifs (C(OH)–C–C–N with tert-alkyl or cyclic N) is 1. The highest BCUT2D eigenvalue weighted by atomic mass is 35.5. The van der Waals surface area contributed by atoms with Crippen molar-refractivity contribution in [3.8, 4) is 0 Å². The van der Waals surface area contributed by atoms with Crippen LogP contribution in [0.5, 0.6) is 0 Å². The lowest BCUT2D eigenvalue weighted by Crippen LogP contribution is -2.34. The molecule has 2 atom stereocenters. The lowest BCUT2D eigenvalue weighted by Gasteiger charge is -2.13. The average molecular weight is 328 g/mol. The summed E-state index contributed by atoms with van der Waals surface area (Å²) in [5, 5.41) is 17.5. The molecule has 5 nitrogen and oxygen atoms in total. The highest BCUT2D eigenvalue weighted by molar-refractivity contribution is 7.07. The molecule has 2 rings (SSSR count). The fourth-order valence-electron chi connectivity index (χ4n) is 1.86. The number of aromatic nitrogens is 1. The highest BCUT2D eigenvalue weighted by Gasteiger charge is 2.24. The first-order valence-corrected chi connectivity index (χ1v) is 6.72. The standard InChI is InChI=1S/C11H17N3O2S.2ClH/c15-10-5-12-3-8(10)4-13-11(16)2-1-9-6-17-7-14-9;;/h6-8,10,12,15H,1-5H2,(H,13,16);2*1H. The number of aliphatic hydroxyl groups is 1. The van der Waals surface area contributed by atoms with Crippen molar-refractivity contribution in [3.05, 3.63) is 16.6 Å². The van der Waals surface area contributed by atoms with Gasteiger partial charge in [-0.15, -0.1) is 36.2 Å². The number of carbonyl (C=O) groups is 1. The first-order chi connectivity index (χ1) is 8.25. The van der Waals surface area contributed by atoms with Crippen LogP contribution in [0, 0.1) is 5.92 Å². The molecule has 19 heavy (non-hydrogen) atoms. The van der Waals surface area contributed by atoms with Crippen molar-refractivity contribution in [2.45, 2.75) is 18.9 Å². The Morgan fingerprint density at radius 2 is 2.32 bits per heavy atom. The van der Waals surface area contributed by atoms with Gasteiger partial charge in [-0.3, -0.25) is 4.79 Å². The molecule has 3 N–H and O–H groups in total. The number of nitrogens with one attached hydrogen (secondary N) is 2. The molecule has 1 saturated heterocycles. The second kappa shape index (κ2) is 9.50. The number of hydrogen-bond donors (Lipinski definition) is 3. The zero-order chi connectivity index (χ0) is 12.1. The van der Waals surface area contributed by atoms with Crippen LogP contribution in [0.2, 0.25) is 0 Å². The van der Waals surface area contributed by atoms with E-state index in [1.807, 2.05) is 5.38 Å². The van der Waals surface area contributed by atoms with Gasteiger partial charge >= 0.3 is 0 Å². The Labute approximate surface area is 129 Å². The Balaban J connectivity index is 0.00000162. The van der Waals surface area contributed by atoms with E-state index in [-0.39, 0.29) is 42.7 Å². The van der Waals surface area contributed by atoms with Gasteiger partial charge in [0.2, 0.25) is 5.91 Å². The number of nitrogens with zero attached hydrogens (tertiary/aromatic N) is 1. The van der Waals surface area contributed by atoms with E-state index >= 15 is 0 Å². The van der Waals surface area contributed by atoms with Crippen LogP contribution in [0.1, 0.15) is 12.1 Å². The summed E-state index contributed by atoms with van der Waals surface area (Å²) in [6.45, 7) is 1.94. The molecular weight excluding hydrogens is 309 g/mol. The molecule has 110 valence electrons. The van der Waals surface area contributed by atoms with Gasteiger partial charge in [0, 0.05) is 37.4 Å². The topological polar surface area (TPSA) is 74.2 Å². The van der Waals surface area contributed by atoms with Crippen LogP contribution in [0.15, 0.2) is 10.9 Å². The Morgan fingerprint density at radius 1 is 1.53 bits per heavy atom. The molecule has 0 aliphatic carbocycles. The van der Waals surface area contributed by atoms with Crippen LogP contribution >= 0.6 is 36.2 Å². The summed E-state index contributed by atoms with van der Waals surface area (Å²) >= 11 is 1.54. The maximum Gasteiger partial charge on any atom is 0.220 e. The quantitative estimate of drug-likeness (QED) is 0.741. The third-order valence-corrected chi connectivity index (χ3v) is 3.59. The number of aryl methyl sites for hydroxylation is 1. The summed E-state index contributed by atoms with van der Waals surface area (Å²) in [5.41, 5.74) is 2.74. The van der Waals surface area contributed by atoms with Crippen molar-refractivity contribution in [3.63, 3.8) is 0 Å². The molecule has 8 heteroatoms. The van der Waals surface area contributed by atoms with E-state index in [0.29, 0.717) is 25.9 Å². The summed E-state index contributed by atoms with van der Waals surface area (Å²) in [6.07, 6.45) is 0.801. The molecule has 1 fully saturated rings. The van der Waals surface area contributed by atoms with Crippen molar-refractivity contribution < 1.29 is 9.90 Å². The van der Waals surface area contributed by atoms with Gasteiger partial charge in [0.15, 0.2) is 0 Å². The predicted octanol–water partition coefficient (Wildman–Crippen LogP) is 0.616. The van der Waals surface area contributed by atoms with E-state index in [1.54, 1.807) is 16.8 Å². The molecule has 1 aromatic rings. The minimum atomic E-state index is -0.339. The Kier molecular flexibility index (Phi) is 9.30. The summed E-state index contributed by atoms with van der Waals surface area (Å²) in [4.78, 5) is 15.7. The second-order valence-corrected chi connectivity index (χ2v) is 4.99. The number of thiazole rings is 1. The van der Waals surface area contributed by atoms with Gasteiger partial charge in [0.25, 0.3) is 0 Å². The van der Waals surface area contributed by atoms with Crippen LogP contribution < -0.4 is 10.6 Å². The van der Waals surface area contributed by atoms with Gasteiger partial charge in [0.1, 0.15) is 0 Å². The molecule has 0 aromatic carbocycles. The molecule has 0 spiro atoms. The molecule has 0 saturated carbocycles. The maximum absolute atomic E-state index is 11.6. The smallest absolute Gasteiger partial charge is 0.220 e. The van der Waals surface area contributed by atoms with Crippen molar-refractivity contribution in [2.24, 2.45) is 5.92 Å². The number of aliphatic hydroxyl groups excluding tert-OH is 1. The number of rotatable bonds is 5. The van der Waals surface area contributed by atoms with Crippen molar-refractivity contribution in [2.75, 3.05) is 19.6 Å². The Morgan fingerprint density at radius 3 is 2.89 bits per heavy atom. The number of carbonyl (C=O) groups excluding carboxylic acids is 1. The van der Waals surface area contributed by atoms with Crippen LogP contribution in [-0.2, 0) is 11.2 Å². The van der Waals surface area contributed by atoms with Crippen molar-refractivity contribution in [1.29, 1.82) is 0 Å². The minimum Gasteiger partial charge on any atom is -0.391 e. The Hall–Kier alpha value is -0.400. The number of amides is 1. The highest BCUT2D eigenvalue weighted by Crippen LogP contribution is 2.07. The summed E-state index contributed by atoms with van der Waals surface area (Å²) in [7, 11) is 0. The zero-order valence-corrected chi connectivity index (χ0v) is 12.8. The predicted molar refractivity (Wildman–Crippen MR) is 80.3 cm³/mol. The summed E-state index contributed by atoms with van der Waals surface area (Å²) in [6, 6.07) is 0. The Bertz CT molecular complexity index is 365. The van der Waals surface area contributed by atoms with Crippen molar-refractivity contribution >= 4 is 42.1 Å². The average Bonchev–Trinajstić information content (AvgIpc) is 2.95. The molecule has 1 aliphatic rings. The fourth-order valence-corrected chi connectivity index (χ4v) is 2.46. The van der Waals surface area contributed by atoms with Crippen LogP contribution in [0.3, 0.4) is 0 Å². The van der Waals surface area contributed by atoms with E-state index in [2.05, 4.69) is 15.6 Å². The monoisotopic (exact) mass is 327 g/mol. The molecule has 0 radical (unpaired) electrons. The van der Waals surface area contributed by atoms with Gasteiger partial charge in [-0.05, 0) is 6.42 Å². The molecule has 2 heterocycles. The molecule has 1 aromatic heterocycles. The zero-order valence-electron chi connectivity index (χ0n) is 10.4. The van der Waals surface area contributed by atoms with E-state index < -0.39 is 0 Å². The lowest BCUT2D eigenvalue weighted by atomic mass is 10.1. The van der Waals surface area contributed by atoms with Gasteiger partial charge in [0.05, 0.1) is 17.3 Å². The van der Waals surface area contributed by atoms with Gasteiger partial charge in [-0.1, -0.05) is 0 Å². The second-order valence-electron chi connectivity index (χ2n) is 4.27. The van der Waals surface area contributed by atoms with E-state index in [9.17, 15) is 9.90 Å². The SMILES string of the molecule is Cl.Cl.O=C(CCc1cscn1)NCC1CNCC1O. The lowest BCUT2D eigenvalue weighted by molar-refractivity contribution is -0.121. The van der Waals surface area contributed by atoms with Crippen LogP contribution in [0.25, 0.3) is 0 Å². The maximum atomic E-state index is 11.6.